The van der Waals surface area contributed by atoms with E-state index < -0.39 is 28.9 Å². The molecule has 1 aromatic rings. The molecule has 0 radical (unpaired) electrons. The molecule has 0 spiro atoms. The number of nitro benzene ring substituents is 1. The molecule has 0 saturated heterocycles. The van der Waals surface area contributed by atoms with Crippen LogP contribution in [-0.4, -0.2) is 32.5 Å². The van der Waals surface area contributed by atoms with Crippen LogP contribution in [-0.2, 0) is 14.3 Å². The van der Waals surface area contributed by atoms with Gasteiger partial charge < -0.3 is 9.84 Å². The zero-order valence-corrected chi connectivity index (χ0v) is 16.0. The number of hydrogen-bond acceptors (Lipinski definition) is 6. The lowest BCUT2D eigenvalue weighted by atomic mass is 9.80. The third-order valence-corrected chi connectivity index (χ3v) is 4.66. The number of carbonyl (C=O) groups excluding carboxylic acids is 1. The van der Waals surface area contributed by atoms with Crippen molar-refractivity contribution in [2.45, 2.75) is 39.7 Å². The van der Waals surface area contributed by atoms with Crippen LogP contribution in [0.15, 0.2) is 46.8 Å². The van der Waals surface area contributed by atoms with E-state index in [4.69, 9.17) is 16.5 Å². The van der Waals surface area contributed by atoms with Crippen molar-refractivity contribution in [3.8, 4) is 0 Å². The topological polar surface area (TPSA) is 110 Å². The summed E-state index contributed by atoms with van der Waals surface area (Å²) in [7, 11) is 0. The summed E-state index contributed by atoms with van der Waals surface area (Å²) in [5, 5.41) is 20.9. The zero-order valence-electron chi connectivity index (χ0n) is 15.2. The van der Waals surface area contributed by atoms with E-state index in [0.717, 1.165) is 4.42 Å². The number of carboxylic acid groups (broad SMARTS) is 1. The number of aliphatic carboxylic acids is 1. The first kappa shape index (κ1) is 20.4. The fourth-order valence-corrected chi connectivity index (χ4v) is 3.18. The molecule has 0 aliphatic carbocycles. The van der Waals surface area contributed by atoms with Crippen LogP contribution in [0.2, 0.25) is 0 Å². The Balaban J connectivity index is 2.75. The molecule has 1 unspecified atom stereocenters. The van der Waals surface area contributed by atoms with Gasteiger partial charge in [0.2, 0.25) is 0 Å². The molecule has 1 aliphatic rings. The van der Waals surface area contributed by atoms with Crippen LogP contribution in [0.25, 0.3) is 0 Å². The van der Waals surface area contributed by atoms with Crippen LogP contribution in [0, 0.1) is 10.1 Å². The second-order valence-electron chi connectivity index (χ2n) is 6.32. The first-order valence-corrected chi connectivity index (χ1v) is 8.46. The summed E-state index contributed by atoms with van der Waals surface area (Å²) < 4.78 is 6.36. The Bertz CT molecular complexity index is 874. The lowest BCUT2D eigenvalue weighted by Gasteiger charge is -2.33. The number of non-ortho nitro benzene ring substituents is 1. The van der Waals surface area contributed by atoms with Crippen molar-refractivity contribution in [2.75, 3.05) is 0 Å². The second-order valence-corrected chi connectivity index (χ2v) is 6.66. The summed E-state index contributed by atoms with van der Waals surface area (Å²) in [5.41, 5.74) is 0.493. The number of halogens is 1. The van der Waals surface area contributed by atoms with Gasteiger partial charge in [0.15, 0.2) is 0 Å². The number of carbonyl (C=O) groups is 2. The summed E-state index contributed by atoms with van der Waals surface area (Å²) in [6, 6.07) is 5.52. The molecule has 0 amide bonds. The van der Waals surface area contributed by atoms with Crippen LogP contribution >= 0.6 is 11.8 Å². The molecule has 1 aliphatic heterocycles. The minimum Gasteiger partial charge on any atom is -0.478 e. The number of carboxylic acids is 1. The number of ether oxygens (including phenoxy) is 1. The summed E-state index contributed by atoms with van der Waals surface area (Å²) in [6.45, 7) is 6.40. The highest BCUT2D eigenvalue weighted by molar-refractivity contribution is 6.17. The van der Waals surface area contributed by atoms with E-state index in [9.17, 15) is 24.8 Å². The molecule has 1 heterocycles. The molecule has 1 aromatic carbocycles. The molecule has 1 N–H and O–H groups in total. The Morgan fingerprint density at radius 3 is 2.37 bits per heavy atom. The normalized spacial score (nSPS) is 17.4. The van der Waals surface area contributed by atoms with Crippen molar-refractivity contribution in [1.82, 2.24) is 4.42 Å². The van der Waals surface area contributed by atoms with Crippen molar-refractivity contribution in [1.29, 1.82) is 0 Å². The molecule has 144 valence electrons. The van der Waals surface area contributed by atoms with Gasteiger partial charge in [-0.15, -0.1) is 0 Å². The quantitative estimate of drug-likeness (QED) is 0.350. The van der Waals surface area contributed by atoms with E-state index >= 15 is 0 Å². The van der Waals surface area contributed by atoms with Crippen LogP contribution in [0.4, 0.5) is 5.69 Å². The van der Waals surface area contributed by atoms with Gasteiger partial charge in [-0.05, 0) is 33.3 Å². The van der Waals surface area contributed by atoms with Gasteiger partial charge in [0, 0.05) is 35.3 Å². The lowest BCUT2D eigenvalue weighted by Crippen LogP contribution is -2.31. The van der Waals surface area contributed by atoms with Gasteiger partial charge in [-0.3, -0.25) is 14.5 Å². The minimum atomic E-state index is -1.28. The van der Waals surface area contributed by atoms with E-state index in [1.54, 1.807) is 20.8 Å². The number of hydrogen-bond donors (Lipinski definition) is 1. The monoisotopic (exact) mass is 394 g/mol. The SMILES string of the molecule is CC1=C(C(=O)O)C(c2cccc([N+](=O)[O-])c2)C(C(=O)OC(C)C)=C(C)N1Cl. The van der Waals surface area contributed by atoms with Crippen molar-refractivity contribution in [2.24, 2.45) is 0 Å². The highest BCUT2D eigenvalue weighted by atomic mass is 35.5. The van der Waals surface area contributed by atoms with Gasteiger partial charge in [0.05, 0.1) is 28.1 Å². The molecule has 0 bridgehead atoms. The number of allylic oxidation sites excluding steroid dienone is 2. The Hall–Kier alpha value is -2.87. The van der Waals surface area contributed by atoms with Gasteiger partial charge in [-0.1, -0.05) is 12.1 Å². The zero-order chi connectivity index (χ0) is 20.5. The van der Waals surface area contributed by atoms with Crippen molar-refractivity contribution >= 4 is 29.4 Å². The maximum Gasteiger partial charge on any atom is 0.337 e. The van der Waals surface area contributed by atoms with Crippen LogP contribution in [0.1, 0.15) is 39.2 Å². The predicted octanol–water partition coefficient (Wildman–Crippen LogP) is 3.73. The predicted molar refractivity (Wildman–Crippen MR) is 97.8 cm³/mol. The summed E-state index contributed by atoms with van der Waals surface area (Å²) in [4.78, 5) is 35.2. The molecular formula is C18H19ClN2O6. The average molecular weight is 395 g/mol. The van der Waals surface area contributed by atoms with E-state index in [-0.39, 0.29) is 22.5 Å². The smallest absolute Gasteiger partial charge is 0.337 e. The molecule has 1 atom stereocenters. The number of benzene rings is 1. The van der Waals surface area contributed by atoms with Gasteiger partial charge in [0.25, 0.3) is 5.69 Å². The maximum atomic E-state index is 12.7. The van der Waals surface area contributed by atoms with Gasteiger partial charge in [0.1, 0.15) is 0 Å². The minimum absolute atomic E-state index is 0.0298. The Morgan fingerprint density at radius 1 is 1.26 bits per heavy atom. The molecular weight excluding hydrogens is 376 g/mol. The van der Waals surface area contributed by atoms with Gasteiger partial charge in [-0.2, -0.15) is 0 Å². The number of rotatable bonds is 5. The fourth-order valence-electron chi connectivity index (χ4n) is 3.00. The standard InChI is InChI=1S/C18H19ClN2O6/c1-9(2)27-18(24)15-11(4)20(19)10(3)14(17(22)23)16(15)12-6-5-7-13(8-12)21(25)26/h5-9,16H,1-4H3,(H,22,23). The number of esters is 1. The van der Waals surface area contributed by atoms with E-state index in [2.05, 4.69) is 0 Å². The third-order valence-electron chi connectivity index (χ3n) is 4.15. The van der Waals surface area contributed by atoms with Crippen LogP contribution < -0.4 is 0 Å². The Labute approximate surface area is 160 Å². The first-order valence-electron chi connectivity index (χ1n) is 8.12. The summed E-state index contributed by atoms with van der Waals surface area (Å²) >= 11 is 6.20. The third kappa shape index (κ3) is 3.95. The van der Waals surface area contributed by atoms with E-state index in [1.165, 1.54) is 31.2 Å². The Morgan fingerprint density at radius 2 is 1.85 bits per heavy atom. The van der Waals surface area contributed by atoms with E-state index in [1.807, 2.05) is 0 Å². The summed E-state index contributed by atoms with van der Waals surface area (Å²) in [5.74, 6) is -3.06. The first-order chi connectivity index (χ1) is 12.6. The molecule has 0 aromatic heterocycles. The number of nitro groups is 1. The van der Waals surface area contributed by atoms with Gasteiger partial charge >= 0.3 is 11.9 Å². The molecule has 8 nitrogen and oxygen atoms in total. The average Bonchev–Trinajstić information content (AvgIpc) is 2.58. The fraction of sp³-hybridized carbons (Fsp3) is 0.333. The maximum absolute atomic E-state index is 12.7. The van der Waals surface area contributed by atoms with Crippen LogP contribution in [0.5, 0.6) is 0 Å². The Kier molecular flexibility index (Phi) is 5.90. The molecule has 27 heavy (non-hydrogen) atoms. The molecule has 9 heteroatoms. The van der Waals surface area contributed by atoms with E-state index in [0.29, 0.717) is 11.3 Å². The highest BCUT2D eigenvalue weighted by Crippen LogP contribution is 2.43. The summed E-state index contributed by atoms with van der Waals surface area (Å²) in [6.07, 6.45) is -0.437. The number of nitrogens with zero attached hydrogens (tertiary/aromatic N) is 2. The largest absolute Gasteiger partial charge is 0.478 e. The van der Waals surface area contributed by atoms with Gasteiger partial charge in [-0.25, -0.2) is 9.59 Å². The second kappa shape index (κ2) is 7.79. The molecule has 0 saturated carbocycles. The molecule has 0 fully saturated rings. The lowest BCUT2D eigenvalue weighted by molar-refractivity contribution is -0.384. The van der Waals surface area contributed by atoms with Crippen molar-refractivity contribution < 1.29 is 24.4 Å². The highest BCUT2D eigenvalue weighted by Gasteiger charge is 2.40. The van der Waals surface area contributed by atoms with Crippen molar-refractivity contribution in [3.05, 3.63) is 62.5 Å². The van der Waals surface area contributed by atoms with Crippen LogP contribution in [0.3, 0.4) is 0 Å². The van der Waals surface area contributed by atoms with Crippen molar-refractivity contribution in [3.63, 3.8) is 0 Å². The molecule has 2 rings (SSSR count).